The van der Waals surface area contributed by atoms with Gasteiger partial charge in [0.15, 0.2) is 10.8 Å². The third kappa shape index (κ3) is 5.02. The van der Waals surface area contributed by atoms with Gasteiger partial charge in [0.2, 0.25) is 5.91 Å². The number of nitrogens with zero attached hydrogens (tertiary/aromatic N) is 2. The van der Waals surface area contributed by atoms with Gasteiger partial charge in [-0.3, -0.25) is 9.59 Å². The van der Waals surface area contributed by atoms with E-state index < -0.39 is 35.9 Å². The third-order valence-corrected chi connectivity index (χ3v) is 5.62. The van der Waals surface area contributed by atoms with Crippen molar-refractivity contribution in [3.05, 3.63) is 45.9 Å². The molecule has 9 nitrogen and oxygen atoms in total. The molecule has 0 radical (unpaired) electrons. The van der Waals surface area contributed by atoms with Crippen LogP contribution in [0.1, 0.15) is 42.4 Å². The molecule has 4 amide bonds. The third-order valence-electron chi connectivity index (χ3n) is 4.61. The van der Waals surface area contributed by atoms with Crippen molar-refractivity contribution in [2.24, 2.45) is 5.92 Å². The Labute approximate surface area is 187 Å². The molecule has 0 spiro atoms. The van der Waals surface area contributed by atoms with Gasteiger partial charge in [-0.1, -0.05) is 37.6 Å². The summed E-state index contributed by atoms with van der Waals surface area (Å²) in [6.45, 7) is 3.77. The molecule has 11 heteroatoms. The summed E-state index contributed by atoms with van der Waals surface area (Å²) in [5.41, 5.74) is 0.623. The Hall–Kier alpha value is -2.98. The molecular weight excluding hydrogens is 444 g/mol. The summed E-state index contributed by atoms with van der Waals surface area (Å²) in [6.07, 6.45) is 0.258. The number of anilines is 1. The summed E-state index contributed by atoms with van der Waals surface area (Å²) in [4.78, 5) is 55.3. The fourth-order valence-electron chi connectivity index (χ4n) is 3.16. The van der Waals surface area contributed by atoms with Gasteiger partial charge in [0.1, 0.15) is 12.1 Å². The lowest BCUT2D eigenvalue weighted by molar-refractivity contribution is -0.134. The fourth-order valence-corrected chi connectivity index (χ4v) is 3.97. The number of thiazole rings is 1. The summed E-state index contributed by atoms with van der Waals surface area (Å²) in [7, 11) is 1.23. The number of aromatic nitrogens is 1. The van der Waals surface area contributed by atoms with Crippen molar-refractivity contribution in [1.82, 2.24) is 15.2 Å². The minimum Gasteiger partial charge on any atom is -0.464 e. The molecule has 1 fully saturated rings. The normalized spacial score (nSPS) is 16.9. The number of rotatable bonds is 7. The molecule has 2 aromatic rings. The molecule has 2 heterocycles. The van der Waals surface area contributed by atoms with Gasteiger partial charge in [-0.15, -0.1) is 11.3 Å². The van der Waals surface area contributed by atoms with Crippen LogP contribution in [0.25, 0.3) is 0 Å². The van der Waals surface area contributed by atoms with E-state index >= 15 is 0 Å². The SMILES string of the molecule is COC(=O)c1csc(NC(=O)[C@H](CC(C)C)N2C(=O)NC(c3ccc(Cl)cc3)C2=O)n1. The molecule has 3 rings (SSSR count). The van der Waals surface area contributed by atoms with Crippen LogP contribution in [0.4, 0.5) is 9.93 Å². The van der Waals surface area contributed by atoms with Crippen LogP contribution < -0.4 is 10.6 Å². The number of esters is 1. The number of amides is 4. The van der Waals surface area contributed by atoms with Crippen LogP contribution in [0.3, 0.4) is 0 Å². The molecule has 1 aliphatic rings. The van der Waals surface area contributed by atoms with Crippen molar-refractivity contribution < 1.29 is 23.9 Å². The molecule has 0 aliphatic carbocycles. The molecule has 1 saturated heterocycles. The number of hydrogen-bond donors (Lipinski definition) is 2. The topological polar surface area (TPSA) is 118 Å². The number of benzene rings is 1. The molecule has 2 N–H and O–H groups in total. The number of urea groups is 1. The molecular formula is C20H21ClN4O5S. The van der Waals surface area contributed by atoms with Crippen molar-refractivity contribution >= 4 is 51.9 Å². The van der Waals surface area contributed by atoms with Crippen molar-refractivity contribution in [3.63, 3.8) is 0 Å². The van der Waals surface area contributed by atoms with E-state index in [-0.39, 0.29) is 23.2 Å². The first-order chi connectivity index (χ1) is 14.7. The highest BCUT2D eigenvalue weighted by Crippen LogP contribution is 2.27. The summed E-state index contributed by atoms with van der Waals surface area (Å²) in [5, 5.41) is 7.34. The lowest BCUT2D eigenvalue weighted by Gasteiger charge is -2.25. The Kier molecular flexibility index (Phi) is 6.91. The van der Waals surface area contributed by atoms with E-state index in [1.807, 2.05) is 13.8 Å². The van der Waals surface area contributed by atoms with Crippen molar-refractivity contribution in [2.75, 3.05) is 12.4 Å². The van der Waals surface area contributed by atoms with Crippen LogP contribution >= 0.6 is 22.9 Å². The molecule has 0 bridgehead atoms. The molecule has 1 aromatic heterocycles. The average Bonchev–Trinajstić information content (AvgIpc) is 3.30. The first kappa shape index (κ1) is 22.7. The maximum Gasteiger partial charge on any atom is 0.357 e. The molecule has 1 aliphatic heterocycles. The highest BCUT2D eigenvalue weighted by Gasteiger charge is 2.45. The van der Waals surface area contributed by atoms with Gasteiger partial charge in [-0.05, 0) is 30.0 Å². The van der Waals surface area contributed by atoms with Crippen LogP contribution in [0.5, 0.6) is 0 Å². The van der Waals surface area contributed by atoms with E-state index in [1.54, 1.807) is 24.3 Å². The summed E-state index contributed by atoms with van der Waals surface area (Å²) >= 11 is 6.94. The number of hydrogen-bond acceptors (Lipinski definition) is 7. The maximum absolute atomic E-state index is 13.1. The van der Waals surface area contributed by atoms with Crippen molar-refractivity contribution in [2.45, 2.75) is 32.4 Å². The Balaban J connectivity index is 1.82. The Morgan fingerprint density at radius 3 is 2.58 bits per heavy atom. The summed E-state index contributed by atoms with van der Waals surface area (Å²) in [6, 6.07) is 3.94. The molecule has 2 atom stereocenters. The second-order valence-electron chi connectivity index (χ2n) is 7.31. The lowest BCUT2D eigenvalue weighted by atomic mass is 10.0. The van der Waals surface area contributed by atoms with Gasteiger partial charge in [-0.2, -0.15) is 0 Å². The van der Waals surface area contributed by atoms with E-state index in [0.29, 0.717) is 10.6 Å². The fraction of sp³-hybridized carbons (Fsp3) is 0.350. The highest BCUT2D eigenvalue weighted by molar-refractivity contribution is 7.14. The van der Waals surface area contributed by atoms with Gasteiger partial charge < -0.3 is 15.4 Å². The predicted octanol–water partition coefficient (Wildman–Crippen LogP) is 3.23. The number of carbonyl (C=O) groups excluding carboxylic acids is 4. The Morgan fingerprint density at radius 2 is 1.97 bits per heavy atom. The van der Waals surface area contributed by atoms with E-state index in [9.17, 15) is 19.2 Å². The van der Waals surface area contributed by atoms with E-state index in [2.05, 4.69) is 20.4 Å². The zero-order valence-corrected chi connectivity index (χ0v) is 18.6. The first-order valence-corrected chi connectivity index (χ1v) is 10.7. The molecule has 1 aromatic carbocycles. The summed E-state index contributed by atoms with van der Waals surface area (Å²) in [5.74, 6) is -1.70. The summed E-state index contributed by atoms with van der Waals surface area (Å²) < 4.78 is 4.60. The number of nitrogens with one attached hydrogen (secondary N) is 2. The van der Waals surface area contributed by atoms with E-state index in [1.165, 1.54) is 12.5 Å². The number of ether oxygens (including phenoxy) is 1. The van der Waals surface area contributed by atoms with E-state index in [0.717, 1.165) is 16.2 Å². The predicted molar refractivity (Wildman–Crippen MR) is 115 cm³/mol. The minimum absolute atomic E-state index is 0.0212. The highest BCUT2D eigenvalue weighted by atomic mass is 35.5. The van der Waals surface area contributed by atoms with Crippen molar-refractivity contribution in [1.29, 1.82) is 0 Å². The second kappa shape index (κ2) is 9.44. The molecule has 1 unspecified atom stereocenters. The molecule has 31 heavy (non-hydrogen) atoms. The van der Waals surface area contributed by atoms with E-state index in [4.69, 9.17) is 11.6 Å². The largest absolute Gasteiger partial charge is 0.464 e. The molecule has 164 valence electrons. The lowest BCUT2D eigenvalue weighted by Crippen LogP contribution is -2.48. The van der Waals surface area contributed by atoms with Gasteiger partial charge >= 0.3 is 12.0 Å². The second-order valence-corrected chi connectivity index (χ2v) is 8.60. The van der Waals surface area contributed by atoms with Crippen molar-refractivity contribution in [3.8, 4) is 0 Å². The van der Waals surface area contributed by atoms with Gasteiger partial charge in [-0.25, -0.2) is 19.5 Å². The number of methoxy groups -OCH3 is 1. The van der Waals surface area contributed by atoms with Gasteiger partial charge in [0.25, 0.3) is 5.91 Å². The molecule has 0 saturated carbocycles. The van der Waals surface area contributed by atoms with Crippen LogP contribution in [0.15, 0.2) is 29.6 Å². The Bertz CT molecular complexity index is 1010. The number of imide groups is 1. The Morgan fingerprint density at radius 1 is 1.29 bits per heavy atom. The minimum atomic E-state index is -1.05. The smallest absolute Gasteiger partial charge is 0.357 e. The zero-order chi connectivity index (χ0) is 22.7. The van der Waals surface area contributed by atoms with Crippen LogP contribution in [-0.2, 0) is 14.3 Å². The number of carbonyl (C=O) groups is 4. The number of halogens is 1. The monoisotopic (exact) mass is 464 g/mol. The van der Waals surface area contributed by atoms with Crippen LogP contribution in [0.2, 0.25) is 5.02 Å². The first-order valence-electron chi connectivity index (χ1n) is 9.45. The average molecular weight is 465 g/mol. The quantitative estimate of drug-likeness (QED) is 0.479. The van der Waals surface area contributed by atoms with Crippen LogP contribution in [-0.4, -0.2) is 46.9 Å². The van der Waals surface area contributed by atoms with Crippen LogP contribution in [0, 0.1) is 5.92 Å². The maximum atomic E-state index is 13.1. The standard InChI is InChI=1S/C20H21ClN4O5S/c1-10(2)8-14(16(26)24-19-22-13(9-31-19)18(28)30-3)25-17(27)15(23-20(25)29)11-4-6-12(21)7-5-11/h4-7,9-10,14-15H,8H2,1-3H3,(H,23,29)(H,22,24,26)/t14-,15?/m0/s1. The zero-order valence-electron chi connectivity index (χ0n) is 17.0. The van der Waals surface area contributed by atoms with Gasteiger partial charge in [0, 0.05) is 10.4 Å². The van der Waals surface area contributed by atoms with Gasteiger partial charge in [0.05, 0.1) is 7.11 Å².